The molecule has 2 heterocycles. The van der Waals surface area contributed by atoms with Crippen molar-refractivity contribution in [3.05, 3.63) is 18.2 Å². The van der Waals surface area contributed by atoms with Crippen LogP contribution in [0.5, 0.6) is 0 Å². The van der Waals surface area contributed by atoms with Gasteiger partial charge in [0.25, 0.3) is 0 Å². The lowest BCUT2D eigenvalue weighted by Crippen LogP contribution is -2.36. The minimum Gasteiger partial charge on any atom is -0.332 e. The summed E-state index contributed by atoms with van der Waals surface area (Å²) in [5.74, 6) is 1.85. The number of aromatic nitrogens is 2. The first-order valence-electron chi connectivity index (χ1n) is 4.99. The second-order valence-electron chi connectivity index (χ2n) is 3.92. The van der Waals surface area contributed by atoms with Gasteiger partial charge in [-0.25, -0.2) is 4.98 Å². The fraction of sp³-hybridized carbons (Fsp3) is 0.700. The van der Waals surface area contributed by atoms with Gasteiger partial charge in [-0.05, 0) is 32.4 Å². The molecule has 13 heavy (non-hydrogen) atoms. The number of rotatable bonds is 1. The first-order chi connectivity index (χ1) is 6.29. The molecule has 2 atom stereocenters. The molecule has 2 rings (SSSR count). The number of aryl methyl sites for hydroxylation is 1. The summed E-state index contributed by atoms with van der Waals surface area (Å²) >= 11 is 0. The molecule has 2 unspecified atom stereocenters. The first kappa shape index (κ1) is 8.75. The molecule has 1 fully saturated rings. The third kappa shape index (κ3) is 1.61. The van der Waals surface area contributed by atoms with Gasteiger partial charge in [-0.3, -0.25) is 0 Å². The highest BCUT2D eigenvalue weighted by Gasteiger charge is 2.22. The summed E-state index contributed by atoms with van der Waals surface area (Å²) in [6.07, 6.45) is 5.21. The molecule has 0 aliphatic carbocycles. The van der Waals surface area contributed by atoms with E-state index in [1.807, 2.05) is 6.20 Å². The van der Waals surface area contributed by atoms with Crippen LogP contribution in [0.2, 0.25) is 0 Å². The van der Waals surface area contributed by atoms with E-state index in [0.29, 0.717) is 12.0 Å². The Bertz CT molecular complexity index is 279. The van der Waals surface area contributed by atoms with E-state index in [2.05, 4.69) is 34.9 Å². The van der Waals surface area contributed by atoms with E-state index in [1.54, 1.807) is 0 Å². The van der Waals surface area contributed by atoms with Crippen LogP contribution in [0.4, 0.5) is 0 Å². The van der Waals surface area contributed by atoms with Crippen molar-refractivity contribution < 1.29 is 0 Å². The number of hydrogen-bond donors (Lipinski definition) is 1. The molecule has 1 aliphatic rings. The van der Waals surface area contributed by atoms with E-state index in [0.717, 1.165) is 18.9 Å². The number of hydrogen-bond acceptors (Lipinski definition) is 2. The standard InChI is InChI=1S/C10H17N3/c1-8-7-11-4-3-10(8)13-6-5-12-9(13)2/h5-6,8,10-11H,3-4,7H2,1-2H3. The summed E-state index contributed by atoms with van der Waals surface area (Å²) < 4.78 is 2.31. The van der Waals surface area contributed by atoms with Crippen molar-refractivity contribution in [1.29, 1.82) is 0 Å². The monoisotopic (exact) mass is 179 g/mol. The summed E-state index contributed by atoms with van der Waals surface area (Å²) in [5, 5.41) is 3.41. The topological polar surface area (TPSA) is 29.9 Å². The molecule has 1 N–H and O–H groups in total. The van der Waals surface area contributed by atoms with E-state index in [1.165, 1.54) is 6.42 Å². The summed E-state index contributed by atoms with van der Waals surface area (Å²) in [6, 6.07) is 0.642. The van der Waals surface area contributed by atoms with Crippen molar-refractivity contribution in [1.82, 2.24) is 14.9 Å². The molecule has 0 spiro atoms. The Labute approximate surface area is 79.2 Å². The Morgan fingerprint density at radius 2 is 2.46 bits per heavy atom. The number of piperidine rings is 1. The second-order valence-corrected chi connectivity index (χ2v) is 3.92. The largest absolute Gasteiger partial charge is 0.332 e. The minimum atomic E-state index is 0.642. The molecule has 1 aromatic rings. The van der Waals surface area contributed by atoms with Crippen LogP contribution in [-0.4, -0.2) is 22.6 Å². The molecule has 1 saturated heterocycles. The SMILES string of the molecule is Cc1nccn1C1CCNCC1C. The highest BCUT2D eigenvalue weighted by atomic mass is 15.1. The van der Waals surface area contributed by atoms with Gasteiger partial charge in [0.1, 0.15) is 5.82 Å². The third-order valence-corrected chi connectivity index (χ3v) is 2.96. The van der Waals surface area contributed by atoms with Gasteiger partial charge in [0, 0.05) is 18.4 Å². The van der Waals surface area contributed by atoms with Crippen molar-refractivity contribution in [2.75, 3.05) is 13.1 Å². The predicted molar refractivity (Wildman–Crippen MR) is 52.7 cm³/mol. The molecule has 0 amide bonds. The molecule has 3 heteroatoms. The van der Waals surface area contributed by atoms with Crippen LogP contribution in [0.1, 0.15) is 25.2 Å². The molecular formula is C10H17N3. The fourth-order valence-electron chi connectivity index (χ4n) is 2.15. The maximum absolute atomic E-state index is 4.27. The molecule has 3 nitrogen and oxygen atoms in total. The van der Waals surface area contributed by atoms with Gasteiger partial charge < -0.3 is 9.88 Å². The smallest absolute Gasteiger partial charge is 0.105 e. The van der Waals surface area contributed by atoms with Crippen LogP contribution in [-0.2, 0) is 0 Å². The molecular weight excluding hydrogens is 162 g/mol. The number of nitrogens with one attached hydrogen (secondary N) is 1. The Kier molecular flexibility index (Phi) is 2.36. The Balaban J connectivity index is 2.19. The zero-order valence-corrected chi connectivity index (χ0v) is 8.33. The van der Waals surface area contributed by atoms with Crippen LogP contribution in [0.25, 0.3) is 0 Å². The van der Waals surface area contributed by atoms with Gasteiger partial charge in [0.15, 0.2) is 0 Å². The minimum absolute atomic E-state index is 0.642. The lowest BCUT2D eigenvalue weighted by Gasteiger charge is -2.31. The summed E-state index contributed by atoms with van der Waals surface area (Å²) in [6.45, 7) is 6.64. The lowest BCUT2D eigenvalue weighted by atomic mass is 9.95. The summed E-state index contributed by atoms with van der Waals surface area (Å²) in [7, 11) is 0. The average Bonchev–Trinajstić information content (AvgIpc) is 2.52. The van der Waals surface area contributed by atoms with E-state index < -0.39 is 0 Å². The Hall–Kier alpha value is -0.830. The first-order valence-corrected chi connectivity index (χ1v) is 4.99. The number of imidazole rings is 1. The van der Waals surface area contributed by atoms with Gasteiger partial charge in [0.2, 0.25) is 0 Å². The highest BCUT2D eigenvalue weighted by molar-refractivity contribution is 4.95. The van der Waals surface area contributed by atoms with Crippen molar-refractivity contribution in [2.45, 2.75) is 26.3 Å². The maximum atomic E-state index is 4.27. The van der Waals surface area contributed by atoms with E-state index in [4.69, 9.17) is 0 Å². The van der Waals surface area contributed by atoms with Gasteiger partial charge in [-0.15, -0.1) is 0 Å². The van der Waals surface area contributed by atoms with Crippen molar-refractivity contribution in [3.63, 3.8) is 0 Å². The molecule has 72 valence electrons. The zero-order valence-electron chi connectivity index (χ0n) is 8.33. The third-order valence-electron chi connectivity index (χ3n) is 2.96. The highest BCUT2D eigenvalue weighted by Crippen LogP contribution is 2.24. The van der Waals surface area contributed by atoms with Crippen LogP contribution >= 0.6 is 0 Å². The van der Waals surface area contributed by atoms with Crippen LogP contribution in [0.3, 0.4) is 0 Å². The number of nitrogens with zero attached hydrogens (tertiary/aromatic N) is 2. The summed E-state index contributed by atoms with van der Waals surface area (Å²) in [4.78, 5) is 4.27. The molecule has 0 radical (unpaired) electrons. The van der Waals surface area contributed by atoms with Crippen LogP contribution in [0, 0.1) is 12.8 Å². The normalized spacial score (nSPS) is 29.1. The zero-order chi connectivity index (χ0) is 9.26. The summed E-state index contributed by atoms with van der Waals surface area (Å²) in [5.41, 5.74) is 0. The van der Waals surface area contributed by atoms with Gasteiger partial charge >= 0.3 is 0 Å². The molecule has 1 aliphatic heterocycles. The van der Waals surface area contributed by atoms with Crippen molar-refractivity contribution in [3.8, 4) is 0 Å². The fourth-order valence-corrected chi connectivity index (χ4v) is 2.15. The van der Waals surface area contributed by atoms with Gasteiger partial charge in [-0.1, -0.05) is 6.92 Å². The van der Waals surface area contributed by atoms with Crippen molar-refractivity contribution >= 4 is 0 Å². The maximum Gasteiger partial charge on any atom is 0.105 e. The van der Waals surface area contributed by atoms with E-state index in [-0.39, 0.29) is 0 Å². The Morgan fingerprint density at radius 3 is 3.08 bits per heavy atom. The predicted octanol–water partition coefficient (Wildman–Crippen LogP) is 1.36. The Morgan fingerprint density at radius 1 is 1.62 bits per heavy atom. The van der Waals surface area contributed by atoms with E-state index in [9.17, 15) is 0 Å². The van der Waals surface area contributed by atoms with Gasteiger partial charge in [-0.2, -0.15) is 0 Å². The lowest BCUT2D eigenvalue weighted by molar-refractivity contribution is 0.270. The van der Waals surface area contributed by atoms with Gasteiger partial charge in [0.05, 0.1) is 0 Å². The quantitative estimate of drug-likeness (QED) is 0.705. The molecule has 0 saturated carbocycles. The van der Waals surface area contributed by atoms with Crippen molar-refractivity contribution in [2.24, 2.45) is 5.92 Å². The molecule has 0 bridgehead atoms. The van der Waals surface area contributed by atoms with E-state index >= 15 is 0 Å². The second kappa shape index (κ2) is 3.50. The van der Waals surface area contributed by atoms with Crippen LogP contribution in [0.15, 0.2) is 12.4 Å². The molecule has 0 aromatic carbocycles. The molecule has 1 aromatic heterocycles. The van der Waals surface area contributed by atoms with Crippen LogP contribution < -0.4 is 5.32 Å². The average molecular weight is 179 g/mol.